The van der Waals surface area contributed by atoms with Crippen LogP contribution < -0.4 is 5.32 Å². The molecule has 3 rings (SSSR count). The zero-order valence-corrected chi connectivity index (χ0v) is 16.7. The van der Waals surface area contributed by atoms with Crippen LogP contribution in [0.2, 0.25) is 10.0 Å². The normalized spacial score (nSPS) is 23.3. The molecular weight excluding hydrogens is 409 g/mol. The molecule has 0 aliphatic heterocycles. The summed E-state index contributed by atoms with van der Waals surface area (Å²) < 4.78 is 27.7. The second-order valence-electron chi connectivity index (χ2n) is 7.09. The van der Waals surface area contributed by atoms with Gasteiger partial charge in [-0.3, -0.25) is 9.78 Å². The first-order valence-corrected chi connectivity index (χ1v) is 9.71. The van der Waals surface area contributed by atoms with E-state index in [-0.39, 0.29) is 42.0 Å². The van der Waals surface area contributed by atoms with Gasteiger partial charge in [-0.1, -0.05) is 35.3 Å². The van der Waals surface area contributed by atoms with Crippen molar-refractivity contribution >= 4 is 29.1 Å². The smallest absolute Gasteiger partial charge is 0.270 e. The highest BCUT2D eigenvalue weighted by Crippen LogP contribution is 2.42. The SMILES string of the molecule is Cc1c(Cl)ccnc1C(=O)NC(c1cccc(F)c1Cl)[C@]1(O)CC[C@@H](F)CC1. The van der Waals surface area contributed by atoms with Gasteiger partial charge in [0, 0.05) is 11.2 Å². The molecule has 0 bridgehead atoms. The van der Waals surface area contributed by atoms with E-state index >= 15 is 0 Å². The van der Waals surface area contributed by atoms with Crippen molar-refractivity contribution in [2.45, 2.75) is 50.4 Å². The van der Waals surface area contributed by atoms with Crippen LogP contribution in [-0.4, -0.2) is 27.8 Å². The standard InChI is InChI=1S/C20H20Cl2F2N2O2/c1-11-14(21)7-10-25-17(11)19(27)26-18(13-3-2-4-15(24)16(13)22)20(28)8-5-12(23)6-9-20/h2-4,7,10,12,18,28H,5-6,8-9H2,1H3,(H,26,27)/t12-,18?,20+. The van der Waals surface area contributed by atoms with E-state index < -0.39 is 29.5 Å². The first-order valence-electron chi connectivity index (χ1n) is 8.95. The molecule has 1 heterocycles. The first-order chi connectivity index (χ1) is 13.2. The van der Waals surface area contributed by atoms with Gasteiger partial charge in [-0.2, -0.15) is 0 Å². The highest BCUT2D eigenvalue weighted by Gasteiger charge is 2.43. The number of carbonyl (C=O) groups excluding carboxylic acids is 1. The number of halogens is 4. The van der Waals surface area contributed by atoms with Gasteiger partial charge in [0.2, 0.25) is 0 Å². The van der Waals surface area contributed by atoms with Crippen LogP contribution in [0.5, 0.6) is 0 Å². The number of hydrogen-bond acceptors (Lipinski definition) is 3. The Balaban J connectivity index is 2.00. The van der Waals surface area contributed by atoms with E-state index in [1.807, 2.05) is 0 Å². The predicted molar refractivity (Wildman–Crippen MR) is 104 cm³/mol. The van der Waals surface area contributed by atoms with Crippen LogP contribution in [0.1, 0.15) is 53.3 Å². The van der Waals surface area contributed by atoms with E-state index in [1.54, 1.807) is 13.0 Å². The highest BCUT2D eigenvalue weighted by atomic mass is 35.5. The van der Waals surface area contributed by atoms with Crippen molar-refractivity contribution in [1.29, 1.82) is 0 Å². The fourth-order valence-corrected chi connectivity index (χ4v) is 3.94. The number of pyridine rings is 1. The van der Waals surface area contributed by atoms with Crippen LogP contribution in [0.4, 0.5) is 8.78 Å². The number of benzene rings is 1. The number of hydrogen-bond donors (Lipinski definition) is 2. The molecule has 1 aliphatic carbocycles. The number of alkyl halides is 1. The van der Waals surface area contributed by atoms with Gasteiger partial charge < -0.3 is 10.4 Å². The van der Waals surface area contributed by atoms with Crippen LogP contribution in [0.15, 0.2) is 30.5 Å². The summed E-state index contributed by atoms with van der Waals surface area (Å²) in [6, 6.07) is 4.70. The minimum absolute atomic E-state index is 0.0906. The third-order valence-electron chi connectivity index (χ3n) is 5.24. The molecule has 1 unspecified atom stereocenters. The van der Waals surface area contributed by atoms with E-state index in [2.05, 4.69) is 10.3 Å². The summed E-state index contributed by atoms with van der Waals surface area (Å²) >= 11 is 12.2. The molecule has 1 fully saturated rings. The number of aromatic nitrogens is 1. The lowest BCUT2D eigenvalue weighted by atomic mass is 9.76. The third kappa shape index (κ3) is 4.14. The van der Waals surface area contributed by atoms with Crippen molar-refractivity contribution in [3.63, 3.8) is 0 Å². The van der Waals surface area contributed by atoms with Gasteiger partial charge in [-0.15, -0.1) is 0 Å². The first kappa shape index (κ1) is 21.0. The molecule has 1 aromatic carbocycles. The third-order valence-corrected chi connectivity index (χ3v) is 6.05. The lowest BCUT2D eigenvalue weighted by Crippen LogP contribution is -2.49. The van der Waals surface area contributed by atoms with Crippen molar-refractivity contribution < 1.29 is 18.7 Å². The molecule has 1 saturated carbocycles. The molecule has 1 aliphatic rings. The monoisotopic (exact) mass is 428 g/mol. The summed E-state index contributed by atoms with van der Waals surface area (Å²) in [5.74, 6) is -1.25. The predicted octanol–water partition coefficient (Wildman–Crippen LogP) is 4.95. The Kier molecular flexibility index (Phi) is 6.22. The summed E-state index contributed by atoms with van der Waals surface area (Å²) in [5, 5.41) is 14.1. The van der Waals surface area contributed by atoms with Crippen molar-refractivity contribution in [3.05, 3.63) is 63.1 Å². The molecular formula is C20H20Cl2F2N2O2. The van der Waals surface area contributed by atoms with Crippen LogP contribution in [0, 0.1) is 12.7 Å². The molecule has 28 heavy (non-hydrogen) atoms. The zero-order valence-electron chi connectivity index (χ0n) is 15.2. The minimum atomic E-state index is -1.47. The van der Waals surface area contributed by atoms with Crippen molar-refractivity contribution in [3.8, 4) is 0 Å². The number of nitrogens with one attached hydrogen (secondary N) is 1. The van der Waals surface area contributed by atoms with Gasteiger partial charge >= 0.3 is 0 Å². The molecule has 4 nitrogen and oxygen atoms in total. The van der Waals surface area contributed by atoms with E-state index in [1.165, 1.54) is 24.4 Å². The lowest BCUT2D eigenvalue weighted by Gasteiger charge is -2.41. The molecule has 150 valence electrons. The van der Waals surface area contributed by atoms with Crippen molar-refractivity contribution in [2.24, 2.45) is 0 Å². The van der Waals surface area contributed by atoms with E-state index in [0.29, 0.717) is 10.6 Å². The quantitative estimate of drug-likeness (QED) is 0.723. The highest BCUT2D eigenvalue weighted by molar-refractivity contribution is 6.32. The van der Waals surface area contributed by atoms with Gasteiger partial charge in [0.1, 0.15) is 17.7 Å². The van der Waals surface area contributed by atoms with Crippen LogP contribution in [0.25, 0.3) is 0 Å². The number of amides is 1. The molecule has 1 aromatic heterocycles. The fourth-order valence-electron chi connectivity index (χ4n) is 3.56. The van der Waals surface area contributed by atoms with Crippen molar-refractivity contribution in [2.75, 3.05) is 0 Å². The molecule has 2 N–H and O–H groups in total. The van der Waals surface area contributed by atoms with E-state index in [9.17, 15) is 18.7 Å². The maximum atomic E-state index is 14.1. The van der Waals surface area contributed by atoms with E-state index in [4.69, 9.17) is 23.2 Å². The summed E-state index contributed by atoms with van der Waals surface area (Å²) in [6.45, 7) is 1.65. The number of nitrogens with zero attached hydrogens (tertiary/aromatic N) is 1. The summed E-state index contributed by atoms with van der Waals surface area (Å²) in [4.78, 5) is 17.0. The van der Waals surface area contributed by atoms with Crippen LogP contribution >= 0.6 is 23.2 Å². The average molecular weight is 429 g/mol. The van der Waals surface area contributed by atoms with Gasteiger partial charge in [-0.25, -0.2) is 8.78 Å². The number of aliphatic hydroxyl groups is 1. The van der Waals surface area contributed by atoms with Crippen LogP contribution in [0.3, 0.4) is 0 Å². The average Bonchev–Trinajstić information content (AvgIpc) is 2.67. The molecule has 0 spiro atoms. The zero-order chi connectivity index (χ0) is 20.5. The molecule has 0 saturated heterocycles. The second kappa shape index (κ2) is 8.31. The Labute approximate surface area is 171 Å². The molecule has 1 amide bonds. The Bertz CT molecular complexity index is 887. The maximum absolute atomic E-state index is 14.1. The lowest BCUT2D eigenvalue weighted by molar-refractivity contribution is -0.0446. The summed E-state index contributed by atoms with van der Waals surface area (Å²) in [5.41, 5.74) is -0.671. The van der Waals surface area contributed by atoms with Crippen LogP contribution in [-0.2, 0) is 0 Å². The molecule has 0 radical (unpaired) electrons. The molecule has 8 heteroatoms. The Morgan fingerprint density at radius 1 is 1.32 bits per heavy atom. The Morgan fingerprint density at radius 2 is 2.00 bits per heavy atom. The van der Waals surface area contributed by atoms with Gasteiger partial charge in [-0.05, 0) is 55.9 Å². The summed E-state index contributed by atoms with van der Waals surface area (Å²) in [6.07, 6.45) is 0.879. The van der Waals surface area contributed by atoms with E-state index in [0.717, 1.165) is 0 Å². The minimum Gasteiger partial charge on any atom is -0.387 e. The maximum Gasteiger partial charge on any atom is 0.270 e. The largest absolute Gasteiger partial charge is 0.387 e. The van der Waals surface area contributed by atoms with Gasteiger partial charge in [0.25, 0.3) is 5.91 Å². The molecule has 2 aromatic rings. The topological polar surface area (TPSA) is 62.2 Å². The van der Waals surface area contributed by atoms with Gasteiger partial charge in [0.05, 0.1) is 16.7 Å². The number of carbonyl (C=O) groups is 1. The van der Waals surface area contributed by atoms with Gasteiger partial charge in [0.15, 0.2) is 0 Å². The Hall–Kier alpha value is -1.76. The fraction of sp³-hybridized carbons (Fsp3) is 0.400. The van der Waals surface area contributed by atoms with Crippen molar-refractivity contribution in [1.82, 2.24) is 10.3 Å². The summed E-state index contributed by atoms with van der Waals surface area (Å²) in [7, 11) is 0. The Morgan fingerprint density at radius 3 is 2.68 bits per heavy atom. The molecule has 1 atom stereocenters. The second-order valence-corrected chi connectivity index (χ2v) is 7.88. The number of rotatable bonds is 4.